The Kier molecular flexibility index (Phi) is 3.28. The average molecular weight is 270 g/mol. The van der Waals surface area contributed by atoms with Crippen LogP contribution in [0.1, 0.15) is 11.3 Å². The van der Waals surface area contributed by atoms with Crippen LogP contribution in [0.5, 0.6) is 0 Å². The molecule has 1 aromatic heterocycles. The predicted octanol–water partition coefficient (Wildman–Crippen LogP) is 2.72. The molecule has 0 aliphatic heterocycles. The van der Waals surface area contributed by atoms with E-state index in [1.54, 1.807) is 0 Å². The van der Waals surface area contributed by atoms with Gasteiger partial charge < -0.3 is 5.11 Å². The SMILES string of the molecule is O=C(O)Cc1[nH]ncc1-c1ccccc1C(F)(F)F. The molecule has 2 aromatic rings. The van der Waals surface area contributed by atoms with E-state index in [-0.39, 0.29) is 16.8 Å². The van der Waals surface area contributed by atoms with Crippen molar-refractivity contribution in [3.63, 3.8) is 0 Å². The molecule has 0 aliphatic rings. The highest BCUT2D eigenvalue weighted by atomic mass is 19.4. The molecular formula is C12H9F3N2O2. The van der Waals surface area contributed by atoms with Crippen LogP contribution < -0.4 is 0 Å². The molecule has 0 radical (unpaired) electrons. The predicted molar refractivity (Wildman–Crippen MR) is 60.4 cm³/mol. The fraction of sp³-hybridized carbons (Fsp3) is 0.167. The lowest BCUT2D eigenvalue weighted by molar-refractivity contribution is -0.137. The van der Waals surface area contributed by atoms with Gasteiger partial charge in [0.05, 0.1) is 23.9 Å². The number of benzene rings is 1. The van der Waals surface area contributed by atoms with E-state index in [2.05, 4.69) is 10.2 Å². The number of rotatable bonds is 3. The van der Waals surface area contributed by atoms with Gasteiger partial charge in [-0.25, -0.2) is 0 Å². The van der Waals surface area contributed by atoms with Crippen molar-refractivity contribution in [2.45, 2.75) is 12.6 Å². The van der Waals surface area contributed by atoms with E-state index < -0.39 is 24.1 Å². The molecular weight excluding hydrogens is 261 g/mol. The van der Waals surface area contributed by atoms with Gasteiger partial charge in [0.25, 0.3) is 0 Å². The van der Waals surface area contributed by atoms with Gasteiger partial charge in [0.15, 0.2) is 0 Å². The largest absolute Gasteiger partial charge is 0.481 e. The first-order valence-corrected chi connectivity index (χ1v) is 5.30. The molecule has 0 unspecified atom stereocenters. The molecule has 0 bridgehead atoms. The van der Waals surface area contributed by atoms with Gasteiger partial charge in [0, 0.05) is 5.56 Å². The van der Waals surface area contributed by atoms with Gasteiger partial charge in [-0.3, -0.25) is 9.89 Å². The zero-order valence-corrected chi connectivity index (χ0v) is 9.53. The van der Waals surface area contributed by atoms with E-state index in [0.29, 0.717) is 0 Å². The molecule has 2 rings (SSSR count). The van der Waals surface area contributed by atoms with E-state index in [0.717, 1.165) is 6.07 Å². The van der Waals surface area contributed by atoms with Crippen LogP contribution in [-0.4, -0.2) is 21.3 Å². The minimum atomic E-state index is -4.51. The van der Waals surface area contributed by atoms with Gasteiger partial charge in [0.1, 0.15) is 0 Å². The lowest BCUT2D eigenvalue weighted by Crippen LogP contribution is -2.08. The normalized spacial score (nSPS) is 11.5. The smallest absolute Gasteiger partial charge is 0.417 e. The number of carboxylic acid groups (broad SMARTS) is 1. The van der Waals surface area contributed by atoms with Crippen molar-refractivity contribution >= 4 is 5.97 Å². The van der Waals surface area contributed by atoms with Crippen LogP contribution in [0.15, 0.2) is 30.5 Å². The van der Waals surface area contributed by atoms with E-state index in [9.17, 15) is 18.0 Å². The van der Waals surface area contributed by atoms with Gasteiger partial charge in [0.2, 0.25) is 0 Å². The quantitative estimate of drug-likeness (QED) is 0.901. The van der Waals surface area contributed by atoms with Crippen LogP contribution in [0.2, 0.25) is 0 Å². The Morgan fingerprint density at radius 1 is 1.26 bits per heavy atom. The number of carbonyl (C=O) groups is 1. The zero-order valence-electron chi connectivity index (χ0n) is 9.53. The number of hydrogen-bond donors (Lipinski definition) is 2. The fourth-order valence-electron chi connectivity index (χ4n) is 1.80. The van der Waals surface area contributed by atoms with Crippen molar-refractivity contribution in [1.29, 1.82) is 0 Å². The summed E-state index contributed by atoms with van der Waals surface area (Å²) >= 11 is 0. The molecule has 7 heteroatoms. The van der Waals surface area contributed by atoms with E-state index in [4.69, 9.17) is 5.11 Å². The summed E-state index contributed by atoms with van der Waals surface area (Å²) in [6, 6.07) is 4.98. The molecule has 0 aliphatic carbocycles. The Labute approximate surface area is 105 Å². The summed E-state index contributed by atoms with van der Waals surface area (Å²) in [4.78, 5) is 10.7. The molecule has 1 aromatic carbocycles. The summed E-state index contributed by atoms with van der Waals surface area (Å²) in [7, 11) is 0. The third-order valence-corrected chi connectivity index (χ3v) is 2.57. The molecule has 0 saturated carbocycles. The summed E-state index contributed by atoms with van der Waals surface area (Å²) in [5.74, 6) is -1.14. The van der Waals surface area contributed by atoms with Crippen LogP contribution in [0, 0.1) is 0 Å². The topological polar surface area (TPSA) is 66.0 Å². The molecule has 0 atom stereocenters. The van der Waals surface area contributed by atoms with E-state index >= 15 is 0 Å². The van der Waals surface area contributed by atoms with Crippen molar-refractivity contribution in [1.82, 2.24) is 10.2 Å². The summed E-state index contributed by atoms with van der Waals surface area (Å²) in [6.07, 6.45) is -3.72. The summed E-state index contributed by atoms with van der Waals surface area (Å²) in [6.45, 7) is 0. The summed E-state index contributed by atoms with van der Waals surface area (Å²) in [5, 5.41) is 14.8. The maximum absolute atomic E-state index is 12.9. The Balaban J connectivity index is 2.54. The maximum atomic E-state index is 12.9. The second-order valence-corrected chi connectivity index (χ2v) is 3.88. The molecule has 4 nitrogen and oxygen atoms in total. The van der Waals surface area contributed by atoms with Crippen LogP contribution in [0.3, 0.4) is 0 Å². The highest BCUT2D eigenvalue weighted by Gasteiger charge is 2.34. The maximum Gasteiger partial charge on any atom is 0.417 e. The number of halogens is 3. The first-order chi connectivity index (χ1) is 8.89. The van der Waals surface area contributed by atoms with Crippen molar-refractivity contribution < 1.29 is 23.1 Å². The number of nitrogens with one attached hydrogen (secondary N) is 1. The lowest BCUT2D eigenvalue weighted by atomic mass is 9.99. The Bertz CT molecular complexity index is 605. The van der Waals surface area contributed by atoms with Crippen molar-refractivity contribution in [2.75, 3.05) is 0 Å². The molecule has 0 amide bonds. The van der Waals surface area contributed by atoms with E-state index in [1.165, 1.54) is 24.4 Å². The second kappa shape index (κ2) is 4.75. The number of aromatic amines is 1. The number of alkyl halides is 3. The highest BCUT2D eigenvalue weighted by molar-refractivity contribution is 5.76. The van der Waals surface area contributed by atoms with Gasteiger partial charge in [-0.2, -0.15) is 18.3 Å². The van der Waals surface area contributed by atoms with Crippen LogP contribution in [0.4, 0.5) is 13.2 Å². The first-order valence-electron chi connectivity index (χ1n) is 5.30. The fourth-order valence-corrected chi connectivity index (χ4v) is 1.80. The number of H-pyrrole nitrogens is 1. The minimum Gasteiger partial charge on any atom is -0.481 e. The van der Waals surface area contributed by atoms with Gasteiger partial charge in [-0.15, -0.1) is 0 Å². The first kappa shape index (κ1) is 13.1. The highest BCUT2D eigenvalue weighted by Crippen LogP contribution is 2.37. The molecule has 0 spiro atoms. The van der Waals surface area contributed by atoms with Gasteiger partial charge in [-0.05, 0) is 11.6 Å². The van der Waals surface area contributed by atoms with Crippen LogP contribution in [-0.2, 0) is 17.4 Å². The molecule has 100 valence electrons. The van der Waals surface area contributed by atoms with Crippen LogP contribution in [0.25, 0.3) is 11.1 Å². The number of carboxylic acids is 1. The van der Waals surface area contributed by atoms with Crippen molar-refractivity contribution in [3.8, 4) is 11.1 Å². The van der Waals surface area contributed by atoms with Gasteiger partial charge in [-0.1, -0.05) is 18.2 Å². The minimum absolute atomic E-state index is 0.0833. The lowest BCUT2D eigenvalue weighted by Gasteiger charge is -2.12. The third kappa shape index (κ3) is 2.75. The number of hydrogen-bond acceptors (Lipinski definition) is 2. The zero-order chi connectivity index (χ0) is 14.0. The van der Waals surface area contributed by atoms with Crippen molar-refractivity contribution in [2.24, 2.45) is 0 Å². The molecule has 1 heterocycles. The molecule has 0 fully saturated rings. The summed E-state index contributed by atoms with van der Waals surface area (Å²) < 4.78 is 38.7. The average Bonchev–Trinajstić information content (AvgIpc) is 2.75. The third-order valence-electron chi connectivity index (χ3n) is 2.57. The molecule has 19 heavy (non-hydrogen) atoms. The molecule has 2 N–H and O–H groups in total. The van der Waals surface area contributed by atoms with Crippen molar-refractivity contribution in [3.05, 3.63) is 41.7 Å². The number of aliphatic carboxylic acids is 1. The standard InChI is InChI=1S/C12H9F3N2O2/c13-12(14,15)9-4-2-1-3-7(9)8-6-16-17-10(8)5-11(18)19/h1-4,6H,5H2,(H,16,17)(H,18,19). The second-order valence-electron chi connectivity index (χ2n) is 3.88. The Morgan fingerprint density at radius 2 is 1.95 bits per heavy atom. The van der Waals surface area contributed by atoms with E-state index in [1.807, 2.05) is 0 Å². The van der Waals surface area contributed by atoms with Crippen LogP contribution >= 0.6 is 0 Å². The Hall–Kier alpha value is -2.31. The summed E-state index contributed by atoms with van der Waals surface area (Å²) in [5.41, 5.74) is -0.609. The number of aromatic nitrogens is 2. The monoisotopic (exact) mass is 270 g/mol. The molecule has 0 saturated heterocycles. The number of nitrogens with zero attached hydrogens (tertiary/aromatic N) is 1. The Morgan fingerprint density at radius 3 is 2.58 bits per heavy atom. The van der Waals surface area contributed by atoms with Gasteiger partial charge >= 0.3 is 12.1 Å².